The van der Waals surface area contributed by atoms with Gasteiger partial charge in [0.05, 0.1) is 25.4 Å². The largest absolute Gasteiger partial charge is 0.394 e. The normalized spacial score (nSPS) is 25.4. The fourth-order valence-electron chi connectivity index (χ4n) is 4.47. The molecule has 1 rings (SSSR count). The van der Waals surface area contributed by atoms with Crippen LogP contribution in [0.5, 0.6) is 0 Å². The Morgan fingerprint density at radius 1 is 0.846 bits per heavy atom. The summed E-state index contributed by atoms with van der Waals surface area (Å²) in [5.74, 6) is -0.199. The summed E-state index contributed by atoms with van der Waals surface area (Å²) in [5, 5.41) is 53.3. The fraction of sp³-hybridized carbons (Fsp3) is 0.833. The van der Waals surface area contributed by atoms with Crippen LogP contribution in [0.4, 0.5) is 0 Å². The lowest BCUT2D eigenvalue weighted by Gasteiger charge is -2.40. The van der Waals surface area contributed by atoms with Gasteiger partial charge in [0.1, 0.15) is 24.4 Å². The maximum absolute atomic E-state index is 12.7. The molecular formula is C30H55NO8. The molecule has 0 aromatic heterocycles. The number of amides is 1. The predicted molar refractivity (Wildman–Crippen MR) is 152 cm³/mol. The topological polar surface area (TPSA) is 149 Å². The van der Waals surface area contributed by atoms with Gasteiger partial charge in [-0.15, -0.1) is 0 Å². The maximum atomic E-state index is 12.7. The molecule has 0 spiro atoms. The first kappa shape index (κ1) is 35.7. The Balaban J connectivity index is 2.60. The number of ether oxygens (including phenoxy) is 2. The number of unbranched alkanes of at least 4 members (excludes halogenated alkanes) is 10. The molecule has 1 heterocycles. The number of carbonyl (C=O) groups is 1. The van der Waals surface area contributed by atoms with Crippen LogP contribution in [0.3, 0.4) is 0 Å². The van der Waals surface area contributed by atoms with Crippen LogP contribution in [0.2, 0.25) is 0 Å². The van der Waals surface area contributed by atoms with Crippen molar-refractivity contribution in [1.82, 2.24) is 5.32 Å². The van der Waals surface area contributed by atoms with Crippen molar-refractivity contribution < 1.29 is 39.8 Å². The minimum atomic E-state index is -1.56. The minimum absolute atomic E-state index is 0.199. The maximum Gasteiger partial charge on any atom is 0.220 e. The molecule has 1 saturated heterocycles. The average molecular weight is 558 g/mol. The molecule has 1 amide bonds. The van der Waals surface area contributed by atoms with Gasteiger partial charge in [0.15, 0.2) is 6.29 Å². The van der Waals surface area contributed by atoms with E-state index in [0.29, 0.717) is 6.42 Å². The van der Waals surface area contributed by atoms with Gasteiger partial charge in [-0.2, -0.15) is 0 Å². The van der Waals surface area contributed by atoms with Gasteiger partial charge in [0, 0.05) is 6.42 Å². The lowest BCUT2D eigenvalue weighted by molar-refractivity contribution is -0.302. The SMILES string of the molecule is CCC/C=C/CC/C=C/C(O)C(COC1OC(CO)C(O)C(O)C1O)NC(=O)CCCCCCCCCCC. The monoisotopic (exact) mass is 557 g/mol. The molecule has 7 atom stereocenters. The number of nitrogens with one attached hydrogen (secondary N) is 1. The number of aliphatic hydroxyl groups excluding tert-OH is 5. The van der Waals surface area contributed by atoms with Crippen molar-refractivity contribution in [3.63, 3.8) is 0 Å². The Morgan fingerprint density at radius 3 is 2.10 bits per heavy atom. The van der Waals surface area contributed by atoms with Gasteiger partial charge in [-0.25, -0.2) is 0 Å². The second-order valence-corrected chi connectivity index (χ2v) is 10.5. The van der Waals surface area contributed by atoms with Gasteiger partial charge in [0.2, 0.25) is 5.91 Å². The molecule has 1 fully saturated rings. The first-order chi connectivity index (χ1) is 18.8. The van der Waals surface area contributed by atoms with Crippen molar-refractivity contribution in [1.29, 1.82) is 0 Å². The first-order valence-electron chi connectivity index (χ1n) is 15.1. The van der Waals surface area contributed by atoms with Gasteiger partial charge < -0.3 is 40.3 Å². The summed E-state index contributed by atoms with van der Waals surface area (Å²) >= 11 is 0. The Hall–Kier alpha value is -1.33. The van der Waals surface area contributed by atoms with E-state index in [9.17, 15) is 30.3 Å². The number of allylic oxidation sites excluding steroid dienone is 3. The average Bonchev–Trinajstić information content (AvgIpc) is 2.93. The summed E-state index contributed by atoms with van der Waals surface area (Å²) in [6.07, 6.45) is 14.0. The Morgan fingerprint density at radius 2 is 1.46 bits per heavy atom. The zero-order valence-corrected chi connectivity index (χ0v) is 24.1. The molecule has 6 N–H and O–H groups in total. The van der Waals surface area contributed by atoms with Crippen LogP contribution < -0.4 is 5.32 Å². The highest BCUT2D eigenvalue weighted by atomic mass is 16.7. The van der Waals surface area contributed by atoms with Crippen LogP contribution in [0.1, 0.15) is 104 Å². The van der Waals surface area contributed by atoms with E-state index in [2.05, 4.69) is 31.3 Å². The third kappa shape index (κ3) is 15.3. The molecule has 0 saturated carbocycles. The molecule has 0 aromatic rings. The van der Waals surface area contributed by atoms with Gasteiger partial charge in [-0.05, 0) is 25.7 Å². The molecule has 0 aliphatic carbocycles. The molecule has 9 heteroatoms. The molecule has 39 heavy (non-hydrogen) atoms. The third-order valence-electron chi connectivity index (χ3n) is 7.01. The summed E-state index contributed by atoms with van der Waals surface area (Å²) in [5.41, 5.74) is 0. The molecule has 0 aromatic carbocycles. The molecule has 7 unspecified atom stereocenters. The van der Waals surface area contributed by atoms with Crippen molar-refractivity contribution >= 4 is 5.91 Å². The highest BCUT2D eigenvalue weighted by Gasteiger charge is 2.44. The van der Waals surface area contributed by atoms with E-state index in [1.807, 2.05) is 6.08 Å². The second kappa shape index (κ2) is 22.4. The molecule has 1 aliphatic rings. The summed E-state index contributed by atoms with van der Waals surface area (Å²) in [6, 6.07) is -0.810. The molecular weight excluding hydrogens is 502 g/mol. The van der Waals surface area contributed by atoms with E-state index in [0.717, 1.165) is 44.9 Å². The summed E-state index contributed by atoms with van der Waals surface area (Å²) in [6.45, 7) is 3.56. The van der Waals surface area contributed by atoms with E-state index < -0.39 is 49.5 Å². The Bertz CT molecular complexity index is 671. The van der Waals surface area contributed by atoms with Gasteiger partial charge >= 0.3 is 0 Å². The minimum Gasteiger partial charge on any atom is -0.394 e. The van der Waals surface area contributed by atoms with E-state index in [1.165, 1.54) is 38.5 Å². The van der Waals surface area contributed by atoms with Gasteiger partial charge in [0.25, 0.3) is 0 Å². The highest BCUT2D eigenvalue weighted by Crippen LogP contribution is 2.22. The lowest BCUT2D eigenvalue weighted by atomic mass is 9.99. The number of hydrogen-bond donors (Lipinski definition) is 6. The van der Waals surface area contributed by atoms with Crippen molar-refractivity contribution in [3.05, 3.63) is 24.3 Å². The summed E-state index contributed by atoms with van der Waals surface area (Å²) in [4.78, 5) is 12.7. The first-order valence-corrected chi connectivity index (χ1v) is 15.1. The van der Waals surface area contributed by atoms with Crippen molar-refractivity contribution in [2.75, 3.05) is 13.2 Å². The van der Waals surface area contributed by atoms with Gasteiger partial charge in [-0.1, -0.05) is 95.9 Å². The second-order valence-electron chi connectivity index (χ2n) is 10.5. The fourth-order valence-corrected chi connectivity index (χ4v) is 4.47. The molecule has 9 nitrogen and oxygen atoms in total. The van der Waals surface area contributed by atoms with Gasteiger partial charge in [-0.3, -0.25) is 4.79 Å². The van der Waals surface area contributed by atoms with E-state index >= 15 is 0 Å². The van der Waals surface area contributed by atoms with Crippen LogP contribution in [-0.4, -0.2) is 87.5 Å². The summed E-state index contributed by atoms with van der Waals surface area (Å²) in [7, 11) is 0. The summed E-state index contributed by atoms with van der Waals surface area (Å²) < 4.78 is 11.0. The standard InChI is InChI=1S/C30H55NO8/c1-3-5-7-9-11-12-14-16-18-20-26(34)31-23(24(33)19-17-15-13-10-8-6-4-2)22-38-30-29(37)28(36)27(35)25(21-32)39-30/h8,10,17,19,23-25,27-30,32-33,35-37H,3-7,9,11-16,18,20-22H2,1-2H3,(H,31,34)/b10-8+,19-17+. The molecule has 228 valence electrons. The number of rotatable bonds is 22. The van der Waals surface area contributed by atoms with Crippen molar-refractivity contribution in [2.45, 2.75) is 147 Å². The molecule has 0 radical (unpaired) electrons. The van der Waals surface area contributed by atoms with Crippen molar-refractivity contribution in [3.8, 4) is 0 Å². The van der Waals surface area contributed by atoms with Crippen LogP contribution in [-0.2, 0) is 14.3 Å². The lowest BCUT2D eigenvalue weighted by Crippen LogP contribution is -2.60. The third-order valence-corrected chi connectivity index (χ3v) is 7.01. The molecule has 1 aliphatic heterocycles. The number of carbonyl (C=O) groups excluding carboxylic acids is 1. The zero-order chi connectivity index (χ0) is 28.9. The van der Waals surface area contributed by atoms with Crippen molar-refractivity contribution in [2.24, 2.45) is 0 Å². The zero-order valence-electron chi connectivity index (χ0n) is 24.1. The van der Waals surface area contributed by atoms with Crippen LogP contribution >= 0.6 is 0 Å². The number of aliphatic hydroxyl groups is 5. The predicted octanol–water partition coefficient (Wildman–Crippen LogP) is 3.26. The van der Waals surface area contributed by atoms with Crippen LogP contribution in [0.25, 0.3) is 0 Å². The Labute approximate surface area is 235 Å². The van der Waals surface area contributed by atoms with E-state index in [4.69, 9.17) is 9.47 Å². The van der Waals surface area contributed by atoms with E-state index in [-0.39, 0.29) is 12.5 Å². The van der Waals surface area contributed by atoms with E-state index in [1.54, 1.807) is 6.08 Å². The smallest absolute Gasteiger partial charge is 0.220 e. The van der Waals surface area contributed by atoms with Crippen LogP contribution in [0.15, 0.2) is 24.3 Å². The highest BCUT2D eigenvalue weighted by molar-refractivity contribution is 5.76. The van der Waals surface area contributed by atoms with Crippen LogP contribution in [0, 0.1) is 0 Å². The molecule has 0 bridgehead atoms. The Kier molecular flexibility index (Phi) is 20.5. The number of hydrogen-bond acceptors (Lipinski definition) is 8. The quantitative estimate of drug-likeness (QED) is 0.0878.